The lowest BCUT2D eigenvalue weighted by molar-refractivity contribution is 0.0536. The Hall–Kier alpha value is -2.15. The molecule has 0 aliphatic carbocycles. The maximum absolute atomic E-state index is 12.3. The summed E-state index contributed by atoms with van der Waals surface area (Å²) in [5.41, 5.74) is 1.32. The van der Waals surface area contributed by atoms with Crippen molar-refractivity contribution in [3.63, 3.8) is 0 Å². The van der Waals surface area contributed by atoms with Crippen LogP contribution in [0.4, 0.5) is 0 Å². The highest BCUT2D eigenvalue weighted by Crippen LogP contribution is 2.13. The van der Waals surface area contributed by atoms with Crippen LogP contribution in [-0.2, 0) is 7.05 Å². The molecule has 2 aromatic rings. The van der Waals surface area contributed by atoms with Crippen LogP contribution < -0.4 is 0 Å². The van der Waals surface area contributed by atoms with Crippen LogP contribution >= 0.6 is 11.3 Å². The molecule has 2 aromatic heterocycles. The molecule has 0 aromatic carbocycles. The smallest absolute Gasteiger partial charge is 0.257 e. The minimum Gasteiger partial charge on any atom is -0.335 e. The van der Waals surface area contributed by atoms with Crippen molar-refractivity contribution in [1.29, 1.82) is 0 Å². The molecule has 3 heterocycles. The van der Waals surface area contributed by atoms with E-state index < -0.39 is 0 Å². The van der Waals surface area contributed by atoms with Gasteiger partial charge in [0.05, 0.1) is 17.3 Å². The Kier molecular flexibility index (Phi) is 3.74. The molecule has 1 fully saturated rings. The Labute approximate surface area is 126 Å². The van der Waals surface area contributed by atoms with Gasteiger partial charge in [0.1, 0.15) is 0 Å². The molecule has 1 saturated heterocycles. The predicted octanol–water partition coefficient (Wildman–Crippen LogP) is 1.08. The number of piperazine rings is 1. The summed E-state index contributed by atoms with van der Waals surface area (Å²) in [6.07, 6.45) is 3.29. The van der Waals surface area contributed by atoms with Crippen LogP contribution in [0.5, 0.6) is 0 Å². The van der Waals surface area contributed by atoms with Crippen LogP contribution in [0.15, 0.2) is 29.2 Å². The fourth-order valence-electron chi connectivity index (χ4n) is 2.40. The SMILES string of the molecule is Cn1cc(C(=O)N2CCN(C(=O)c3ccsc3)CC2)cn1. The monoisotopic (exact) mass is 304 g/mol. The number of aryl methyl sites for hydroxylation is 1. The quantitative estimate of drug-likeness (QED) is 0.834. The summed E-state index contributed by atoms with van der Waals surface area (Å²) in [5, 5.41) is 7.77. The number of thiophene rings is 1. The molecular formula is C14H16N4O2S. The van der Waals surface area contributed by atoms with Gasteiger partial charge in [-0.05, 0) is 11.4 Å². The first-order valence-corrected chi connectivity index (χ1v) is 7.69. The van der Waals surface area contributed by atoms with Crippen LogP contribution in [0.25, 0.3) is 0 Å². The first kappa shape index (κ1) is 13.8. The Balaban J connectivity index is 1.60. The van der Waals surface area contributed by atoms with E-state index in [1.807, 2.05) is 16.8 Å². The number of amides is 2. The highest BCUT2D eigenvalue weighted by Gasteiger charge is 2.26. The van der Waals surface area contributed by atoms with Crippen molar-refractivity contribution < 1.29 is 9.59 Å². The molecule has 0 saturated carbocycles. The zero-order chi connectivity index (χ0) is 14.8. The van der Waals surface area contributed by atoms with Crippen LogP contribution in [0.3, 0.4) is 0 Å². The highest BCUT2D eigenvalue weighted by atomic mass is 32.1. The molecule has 2 amide bonds. The number of hydrogen-bond donors (Lipinski definition) is 0. The molecule has 0 bridgehead atoms. The van der Waals surface area contributed by atoms with E-state index in [4.69, 9.17) is 0 Å². The molecule has 0 N–H and O–H groups in total. The molecule has 6 nitrogen and oxygen atoms in total. The fourth-order valence-corrected chi connectivity index (χ4v) is 3.03. The first-order valence-electron chi connectivity index (χ1n) is 6.74. The van der Waals surface area contributed by atoms with Crippen molar-refractivity contribution in [3.05, 3.63) is 40.3 Å². The lowest BCUT2D eigenvalue weighted by Crippen LogP contribution is -2.50. The predicted molar refractivity (Wildman–Crippen MR) is 79.3 cm³/mol. The lowest BCUT2D eigenvalue weighted by Gasteiger charge is -2.34. The van der Waals surface area contributed by atoms with Crippen LogP contribution in [-0.4, -0.2) is 57.6 Å². The third-order valence-electron chi connectivity index (χ3n) is 3.57. The third kappa shape index (κ3) is 2.82. The normalized spacial score (nSPS) is 15.3. The Morgan fingerprint density at radius 2 is 1.71 bits per heavy atom. The van der Waals surface area contributed by atoms with Gasteiger partial charge in [0.15, 0.2) is 0 Å². The van der Waals surface area contributed by atoms with Crippen LogP contribution in [0.1, 0.15) is 20.7 Å². The number of rotatable bonds is 2. The molecule has 21 heavy (non-hydrogen) atoms. The Morgan fingerprint density at radius 3 is 2.19 bits per heavy atom. The van der Waals surface area contributed by atoms with Gasteiger partial charge in [-0.2, -0.15) is 16.4 Å². The number of nitrogens with zero attached hydrogens (tertiary/aromatic N) is 4. The molecule has 1 aliphatic rings. The summed E-state index contributed by atoms with van der Waals surface area (Å²) < 4.78 is 1.61. The van der Waals surface area contributed by atoms with Gasteiger partial charge >= 0.3 is 0 Å². The number of aromatic nitrogens is 2. The van der Waals surface area contributed by atoms with Gasteiger partial charge in [0.2, 0.25) is 0 Å². The number of carbonyl (C=O) groups excluding carboxylic acids is 2. The second-order valence-corrected chi connectivity index (χ2v) is 5.78. The summed E-state index contributed by atoms with van der Waals surface area (Å²) in [7, 11) is 1.79. The molecule has 0 spiro atoms. The summed E-state index contributed by atoms with van der Waals surface area (Å²) in [5.74, 6) is 0.0236. The van der Waals surface area contributed by atoms with E-state index in [9.17, 15) is 9.59 Å². The van der Waals surface area contributed by atoms with Gasteiger partial charge in [0, 0.05) is 44.8 Å². The summed E-state index contributed by atoms with van der Waals surface area (Å²) in [6, 6.07) is 1.83. The van der Waals surface area contributed by atoms with Crippen molar-refractivity contribution in [1.82, 2.24) is 19.6 Å². The molecule has 0 radical (unpaired) electrons. The average molecular weight is 304 g/mol. The van der Waals surface area contributed by atoms with E-state index in [0.717, 1.165) is 5.56 Å². The van der Waals surface area contributed by atoms with Gasteiger partial charge in [-0.3, -0.25) is 14.3 Å². The maximum Gasteiger partial charge on any atom is 0.257 e. The zero-order valence-electron chi connectivity index (χ0n) is 11.7. The van der Waals surface area contributed by atoms with Crippen molar-refractivity contribution in [2.24, 2.45) is 7.05 Å². The van der Waals surface area contributed by atoms with E-state index >= 15 is 0 Å². The summed E-state index contributed by atoms with van der Waals surface area (Å²) >= 11 is 1.52. The second kappa shape index (κ2) is 5.69. The Bertz CT molecular complexity index is 642. The second-order valence-electron chi connectivity index (χ2n) is 5.00. The van der Waals surface area contributed by atoms with Gasteiger partial charge in [-0.1, -0.05) is 0 Å². The maximum atomic E-state index is 12.3. The summed E-state index contributed by atoms with van der Waals surface area (Å²) in [4.78, 5) is 28.1. The van der Waals surface area contributed by atoms with Crippen molar-refractivity contribution in [2.75, 3.05) is 26.2 Å². The van der Waals surface area contributed by atoms with E-state index in [1.165, 1.54) is 11.3 Å². The first-order chi connectivity index (χ1) is 10.1. The van der Waals surface area contributed by atoms with Gasteiger partial charge in [0.25, 0.3) is 11.8 Å². The van der Waals surface area contributed by atoms with Gasteiger partial charge in [-0.15, -0.1) is 0 Å². The van der Waals surface area contributed by atoms with Gasteiger partial charge in [-0.25, -0.2) is 0 Å². The average Bonchev–Trinajstić information content (AvgIpc) is 3.17. The van der Waals surface area contributed by atoms with Gasteiger partial charge < -0.3 is 9.80 Å². The van der Waals surface area contributed by atoms with Crippen LogP contribution in [0.2, 0.25) is 0 Å². The largest absolute Gasteiger partial charge is 0.335 e. The highest BCUT2D eigenvalue weighted by molar-refractivity contribution is 7.08. The third-order valence-corrected chi connectivity index (χ3v) is 4.26. The van der Waals surface area contributed by atoms with E-state index in [-0.39, 0.29) is 11.8 Å². The molecule has 3 rings (SSSR count). The molecule has 1 aliphatic heterocycles. The Morgan fingerprint density at radius 1 is 1.10 bits per heavy atom. The standard InChI is InChI=1S/C14H16N4O2S/c1-16-9-12(8-15-16)14(20)18-5-3-17(4-6-18)13(19)11-2-7-21-10-11/h2,7-10H,3-6H2,1H3. The van der Waals surface area contributed by atoms with Crippen LogP contribution in [0, 0.1) is 0 Å². The summed E-state index contributed by atoms with van der Waals surface area (Å²) in [6.45, 7) is 2.26. The van der Waals surface area contributed by atoms with E-state index in [1.54, 1.807) is 33.9 Å². The number of carbonyl (C=O) groups is 2. The fraction of sp³-hybridized carbons (Fsp3) is 0.357. The molecule has 110 valence electrons. The topological polar surface area (TPSA) is 58.4 Å². The molecule has 7 heteroatoms. The van der Waals surface area contributed by atoms with Crippen molar-refractivity contribution in [2.45, 2.75) is 0 Å². The minimum atomic E-state index is -0.0225. The van der Waals surface area contributed by atoms with Crippen molar-refractivity contribution >= 4 is 23.2 Å². The van der Waals surface area contributed by atoms with E-state index in [2.05, 4.69) is 5.10 Å². The molecular weight excluding hydrogens is 288 g/mol. The molecule has 0 atom stereocenters. The molecule has 0 unspecified atom stereocenters. The number of hydrogen-bond acceptors (Lipinski definition) is 4. The lowest BCUT2D eigenvalue weighted by atomic mass is 10.2. The zero-order valence-corrected chi connectivity index (χ0v) is 12.5. The minimum absolute atomic E-state index is 0.0225. The van der Waals surface area contributed by atoms with Crippen molar-refractivity contribution in [3.8, 4) is 0 Å². The van der Waals surface area contributed by atoms with E-state index in [0.29, 0.717) is 31.7 Å².